The monoisotopic (exact) mass is 421 g/mol. The Morgan fingerprint density at radius 2 is 1.74 bits per heavy atom. The van der Waals surface area contributed by atoms with Crippen LogP contribution in [0.15, 0.2) is 54.6 Å². The number of nitrogens with zero attached hydrogens (tertiary/aromatic N) is 1. The minimum absolute atomic E-state index is 0.0788. The van der Waals surface area contributed by atoms with Gasteiger partial charge in [-0.1, -0.05) is 49.6 Å². The second kappa shape index (κ2) is 9.20. The zero-order chi connectivity index (χ0) is 21.7. The minimum atomic E-state index is -0.745. The van der Waals surface area contributed by atoms with Crippen molar-refractivity contribution in [2.45, 2.75) is 50.6 Å². The van der Waals surface area contributed by atoms with Gasteiger partial charge in [0.1, 0.15) is 17.0 Å². The fourth-order valence-electron chi connectivity index (χ4n) is 4.22. The first-order chi connectivity index (χ1) is 15.1. The number of rotatable bonds is 7. The molecule has 2 N–H and O–H groups in total. The van der Waals surface area contributed by atoms with Crippen LogP contribution in [0.1, 0.15) is 44.1 Å². The van der Waals surface area contributed by atoms with Crippen LogP contribution in [0, 0.1) is 0 Å². The summed E-state index contributed by atoms with van der Waals surface area (Å²) >= 11 is 0. The van der Waals surface area contributed by atoms with Crippen LogP contribution in [-0.4, -0.2) is 34.8 Å². The predicted molar refractivity (Wildman–Crippen MR) is 115 cm³/mol. The molecule has 1 heterocycles. The molecule has 4 rings (SSSR count). The third kappa shape index (κ3) is 4.87. The smallest absolute Gasteiger partial charge is 0.325 e. The second-order valence-corrected chi connectivity index (χ2v) is 8.12. The van der Waals surface area contributed by atoms with Crippen LogP contribution in [-0.2, 0) is 16.1 Å². The maximum Gasteiger partial charge on any atom is 0.325 e. The van der Waals surface area contributed by atoms with Crippen LogP contribution < -0.4 is 15.4 Å². The van der Waals surface area contributed by atoms with Crippen LogP contribution in [0.2, 0.25) is 0 Å². The highest BCUT2D eigenvalue weighted by Gasteiger charge is 2.50. The van der Waals surface area contributed by atoms with E-state index in [-0.39, 0.29) is 30.8 Å². The van der Waals surface area contributed by atoms with Crippen molar-refractivity contribution in [3.8, 4) is 11.5 Å². The zero-order valence-electron chi connectivity index (χ0n) is 17.4. The summed E-state index contributed by atoms with van der Waals surface area (Å²) in [5.74, 6) is 1.04. The van der Waals surface area contributed by atoms with Gasteiger partial charge in [0, 0.05) is 19.5 Å². The van der Waals surface area contributed by atoms with E-state index < -0.39 is 5.54 Å². The summed E-state index contributed by atoms with van der Waals surface area (Å²) in [6.07, 6.45) is 4.41. The Hall–Kier alpha value is -3.35. The molecule has 1 aliphatic carbocycles. The van der Waals surface area contributed by atoms with Crippen molar-refractivity contribution in [2.75, 3.05) is 6.54 Å². The average Bonchev–Trinajstić information content (AvgIpc) is 3.01. The third-order valence-corrected chi connectivity index (χ3v) is 5.88. The number of hydrogen-bond donors (Lipinski definition) is 2. The molecule has 2 aliphatic rings. The summed E-state index contributed by atoms with van der Waals surface area (Å²) in [7, 11) is 0. The fraction of sp³-hybridized carbons (Fsp3) is 0.375. The molecular formula is C24H27N3O4. The SMILES string of the molecule is O=C(CCN1C(=O)NC2(CCCCC2)C1=O)NCc1cccc(Oc2ccccc2)c1. The van der Waals surface area contributed by atoms with Crippen LogP contribution in [0.3, 0.4) is 0 Å². The van der Waals surface area contributed by atoms with Gasteiger partial charge in [-0.3, -0.25) is 14.5 Å². The van der Waals surface area contributed by atoms with E-state index in [0.717, 1.165) is 30.6 Å². The highest BCUT2D eigenvalue weighted by atomic mass is 16.5. The molecule has 1 saturated heterocycles. The number of nitrogens with one attached hydrogen (secondary N) is 2. The van der Waals surface area contributed by atoms with Crippen LogP contribution in [0.5, 0.6) is 11.5 Å². The molecule has 0 radical (unpaired) electrons. The summed E-state index contributed by atoms with van der Waals surface area (Å²) in [5, 5.41) is 5.72. The molecule has 7 nitrogen and oxygen atoms in total. The molecule has 1 aliphatic heterocycles. The number of hydrogen-bond acceptors (Lipinski definition) is 4. The van der Waals surface area contributed by atoms with E-state index in [4.69, 9.17) is 4.74 Å². The summed E-state index contributed by atoms with van der Waals surface area (Å²) in [6, 6.07) is 16.6. The van der Waals surface area contributed by atoms with Crippen molar-refractivity contribution >= 4 is 17.8 Å². The number of carbonyl (C=O) groups excluding carboxylic acids is 3. The van der Waals surface area contributed by atoms with E-state index in [1.54, 1.807) is 0 Å². The Morgan fingerprint density at radius 1 is 1.00 bits per heavy atom. The third-order valence-electron chi connectivity index (χ3n) is 5.88. The van der Waals surface area contributed by atoms with Gasteiger partial charge in [0.05, 0.1) is 0 Å². The van der Waals surface area contributed by atoms with Gasteiger partial charge in [0.15, 0.2) is 0 Å². The first-order valence-corrected chi connectivity index (χ1v) is 10.8. The summed E-state index contributed by atoms with van der Waals surface area (Å²) in [5.41, 5.74) is 0.156. The molecule has 2 aromatic carbocycles. The normalized spacial score (nSPS) is 17.5. The molecule has 1 spiro atoms. The Bertz CT molecular complexity index is 954. The van der Waals surface area contributed by atoms with Crippen molar-refractivity contribution in [1.29, 1.82) is 0 Å². The molecule has 162 valence electrons. The first-order valence-electron chi connectivity index (χ1n) is 10.8. The largest absolute Gasteiger partial charge is 0.457 e. The molecule has 4 amide bonds. The molecule has 0 aromatic heterocycles. The Morgan fingerprint density at radius 3 is 2.52 bits per heavy atom. The van der Waals surface area contributed by atoms with Gasteiger partial charge in [0.2, 0.25) is 5.91 Å². The minimum Gasteiger partial charge on any atom is -0.457 e. The molecular weight excluding hydrogens is 394 g/mol. The lowest BCUT2D eigenvalue weighted by Gasteiger charge is -2.30. The maximum atomic E-state index is 12.8. The van der Waals surface area contributed by atoms with Gasteiger partial charge in [-0.05, 0) is 42.7 Å². The molecule has 0 unspecified atom stereocenters. The lowest BCUT2D eigenvalue weighted by Crippen LogP contribution is -2.48. The van der Waals surface area contributed by atoms with Gasteiger partial charge in [0.25, 0.3) is 5.91 Å². The number of benzene rings is 2. The molecule has 1 saturated carbocycles. The van der Waals surface area contributed by atoms with Crippen LogP contribution in [0.4, 0.5) is 4.79 Å². The number of amides is 4. The topological polar surface area (TPSA) is 87.7 Å². The lowest BCUT2D eigenvalue weighted by molar-refractivity contribution is -0.132. The zero-order valence-corrected chi connectivity index (χ0v) is 17.4. The van der Waals surface area contributed by atoms with Gasteiger partial charge in [-0.15, -0.1) is 0 Å². The van der Waals surface area contributed by atoms with Crippen molar-refractivity contribution in [3.05, 3.63) is 60.2 Å². The van der Waals surface area contributed by atoms with Crippen LogP contribution >= 0.6 is 0 Å². The lowest BCUT2D eigenvalue weighted by atomic mass is 9.82. The number of urea groups is 1. The van der Waals surface area contributed by atoms with Gasteiger partial charge in [-0.25, -0.2) is 4.79 Å². The van der Waals surface area contributed by atoms with Crippen molar-refractivity contribution < 1.29 is 19.1 Å². The van der Waals surface area contributed by atoms with Gasteiger partial charge >= 0.3 is 6.03 Å². The quantitative estimate of drug-likeness (QED) is 0.667. The summed E-state index contributed by atoms with van der Waals surface area (Å²) in [6.45, 7) is 0.435. The Kier molecular flexibility index (Phi) is 6.21. The first kappa shape index (κ1) is 20.9. The highest BCUT2D eigenvalue weighted by molar-refractivity contribution is 6.07. The van der Waals surface area contributed by atoms with E-state index >= 15 is 0 Å². The fourth-order valence-corrected chi connectivity index (χ4v) is 4.22. The second-order valence-electron chi connectivity index (χ2n) is 8.12. The van der Waals surface area contributed by atoms with E-state index in [1.165, 1.54) is 4.90 Å². The summed E-state index contributed by atoms with van der Waals surface area (Å²) < 4.78 is 5.82. The molecule has 7 heteroatoms. The maximum absolute atomic E-state index is 12.8. The Labute approximate surface area is 181 Å². The summed E-state index contributed by atoms with van der Waals surface area (Å²) in [4.78, 5) is 38.6. The standard InChI is InChI=1S/C24H27N3O4/c28-21(12-15-27-22(29)24(26-23(27)30)13-5-2-6-14-24)25-17-18-8-7-11-20(16-18)31-19-9-3-1-4-10-19/h1,3-4,7-11,16H,2,5-6,12-15,17H2,(H,25,28)(H,26,30). The predicted octanol–water partition coefficient (Wildman–Crippen LogP) is 3.74. The van der Waals surface area contributed by atoms with E-state index in [0.29, 0.717) is 25.1 Å². The molecule has 0 bridgehead atoms. The molecule has 0 atom stereocenters. The number of para-hydroxylation sites is 1. The van der Waals surface area contributed by atoms with E-state index in [2.05, 4.69) is 10.6 Å². The van der Waals surface area contributed by atoms with E-state index in [9.17, 15) is 14.4 Å². The van der Waals surface area contributed by atoms with Crippen molar-refractivity contribution in [2.24, 2.45) is 0 Å². The number of carbonyl (C=O) groups is 3. The van der Waals surface area contributed by atoms with E-state index in [1.807, 2.05) is 54.6 Å². The van der Waals surface area contributed by atoms with Gasteiger partial charge < -0.3 is 15.4 Å². The Balaban J connectivity index is 1.27. The molecule has 2 aromatic rings. The van der Waals surface area contributed by atoms with Crippen molar-refractivity contribution in [3.63, 3.8) is 0 Å². The van der Waals surface area contributed by atoms with Crippen LogP contribution in [0.25, 0.3) is 0 Å². The molecule has 31 heavy (non-hydrogen) atoms. The van der Waals surface area contributed by atoms with Crippen molar-refractivity contribution in [1.82, 2.24) is 15.5 Å². The highest BCUT2D eigenvalue weighted by Crippen LogP contribution is 2.33. The number of imide groups is 1. The average molecular weight is 421 g/mol. The molecule has 2 fully saturated rings. The number of ether oxygens (including phenoxy) is 1. The van der Waals surface area contributed by atoms with Gasteiger partial charge in [-0.2, -0.15) is 0 Å².